The summed E-state index contributed by atoms with van der Waals surface area (Å²) in [6.07, 6.45) is 8.39. The average molecular weight is 360 g/mol. The summed E-state index contributed by atoms with van der Waals surface area (Å²) in [7, 11) is 0. The molecule has 2 aliphatic rings. The van der Waals surface area contributed by atoms with E-state index in [1.54, 1.807) is 5.57 Å². The zero-order chi connectivity index (χ0) is 19.0. The quantitative estimate of drug-likeness (QED) is 0.457. The molecule has 2 heteroatoms. The van der Waals surface area contributed by atoms with Crippen molar-refractivity contribution in [3.05, 3.63) is 65.3 Å². The summed E-state index contributed by atoms with van der Waals surface area (Å²) >= 11 is 0. The predicted molar refractivity (Wildman–Crippen MR) is 115 cm³/mol. The van der Waals surface area contributed by atoms with Gasteiger partial charge >= 0.3 is 0 Å². The Balaban J connectivity index is 1.32. The highest BCUT2D eigenvalue weighted by Crippen LogP contribution is 2.56. The lowest BCUT2D eigenvalue weighted by Crippen LogP contribution is -2.03. The topological polar surface area (TPSA) is 32.6 Å². The van der Waals surface area contributed by atoms with Crippen LogP contribution in [0.4, 0.5) is 0 Å². The minimum Gasteiger partial charge on any atom is -0.507 e. The minimum absolute atomic E-state index is 0.346. The van der Waals surface area contributed by atoms with E-state index in [1.165, 1.54) is 12.0 Å². The van der Waals surface area contributed by atoms with Gasteiger partial charge in [-0.25, -0.2) is 0 Å². The Bertz CT molecular complexity index is 950. The molecule has 2 aromatic carbocycles. The number of phenolic OH excluding ortho intramolecular Hbond substituents is 1. The first-order chi connectivity index (χ1) is 13.1. The van der Waals surface area contributed by atoms with E-state index in [0.29, 0.717) is 5.75 Å². The van der Waals surface area contributed by atoms with Crippen molar-refractivity contribution >= 4 is 16.5 Å². The van der Waals surface area contributed by atoms with E-state index in [9.17, 15) is 5.11 Å². The van der Waals surface area contributed by atoms with Crippen molar-refractivity contribution in [2.24, 2.45) is 22.7 Å². The van der Waals surface area contributed by atoms with Gasteiger partial charge in [-0.15, -0.1) is 0 Å². The molecule has 3 unspecified atom stereocenters. The van der Waals surface area contributed by atoms with Crippen LogP contribution >= 0.6 is 0 Å². The lowest BCUT2D eigenvalue weighted by atomic mass is 9.96. The standard InChI is InChI=1S/C25H29NO/c1-4-18-14-22-23(15-18)24(22)16(2)8-7-13-26-17(3)20-12-11-19-9-5-6-10-21(19)25(20)27/h5-6,9-12,14-16,22,24,27H,4,7-8,13H2,1-3H3. The second kappa shape index (κ2) is 7.34. The first-order valence-electron chi connectivity index (χ1n) is 10.2. The van der Waals surface area contributed by atoms with Gasteiger partial charge in [-0.3, -0.25) is 4.99 Å². The molecule has 0 saturated heterocycles. The number of aliphatic imine (C=N–C) groups is 1. The summed E-state index contributed by atoms with van der Waals surface area (Å²) in [6.45, 7) is 7.45. The van der Waals surface area contributed by atoms with Gasteiger partial charge < -0.3 is 5.11 Å². The number of hydrogen-bond donors (Lipinski definition) is 1. The molecule has 27 heavy (non-hydrogen) atoms. The van der Waals surface area contributed by atoms with E-state index in [0.717, 1.165) is 59.2 Å². The van der Waals surface area contributed by atoms with Crippen LogP contribution in [0.25, 0.3) is 10.8 Å². The fourth-order valence-corrected chi connectivity index (χ4v) is 4.59. The van der Waals surface area contributed by atoms with Crippen molar-refractivity contribution in [3.8, 4) is 5.75 Å². The SMILES string of the molecule is CCC1=CC2C(=C1)C2C(C)CCCN=C(C)c1ccc2ccccc2c1O. The van der Waals surface area contributed by atoms with Crippen molar-refractivity contribution < 1.29 is 5.11 Å². The van der Waals surface area contributed by atoms with Crippen LogP contribution in [0.5, 0.6) is 5.75 Å². The van der Waals surface area contributed by atoms with Crippen LogP contribution in [0.2, 0.25) is 0 Å². The van der Waals surface area contributed by atoms with E-state index in [4.69, 9.17) is 4.99 Å². The van der Waals surface area contributed by atoms with Gasteiger partial charge in [-0.05, 0) is 49.5 Å². The van der Waals surface area contributed by atoms with Gasteiger partial charge in [-0.1, -0.05) is 67.5 Å². The van der Waals surface area contributed by atoms with Crippen LogP contribution in [0.3, 0.4) is 0 Å². The third-order valence-electron chi connectivity index (χ3n) is 6.27. The lowest BCUT2D eigenvalue weighted by Gasteiger charge is -2.11. The molecule has 0 radical (unpaired) electrons. The molecule has 140 valence electrons. The average Bonchev–Trinajstić information content (AvgIpc) is 3.19. The fraction of sp³-hybridized carbons (Fsp3) is 0.400. The lowest BCUT2D eigenvalue weighted by molar-refractivity contribution is 0.451. The van der Waals surface area contributed by atoms with Crippen LogP contribution < -0.4 is 0 Å². The molecule has 0 aromatic heterocycles. The maximum atomic E-state index is 10.6. The number of phenols is 1. The first-order valence-corrected chi connectivity index (χ1v) is 10.2. The molecular weight excluding hydrogens is 330 g/mol. The zero-order valence-electron chi connectivity index (χ0n) is 16.6. The van der Waals surface area contributed by atoms with Crippen LogP contribution in [-0.4, -0.2) is 17.4 Å². The molecule has 3 atom stereocenters. The number of rotatable bonds is 7. The summed E-state index contributed by atoms with van der Waals surface area (Å²) in [5, 5.41) is 12.5. The summed E-state index contributed by atoms with van der Waals surface area (Å²) in [6, 6.07) is 12.0. The molecule has 0 aliphatic heterocycles. The first kappa shape index (κ1) is 18.0. The summed E-state index contributed by atoms with van der Waals surface area (Å²) in [4.78, 5) is 4.74. The molecule has 2 nitrogen and oxygen atoms in total. The Morgan fingerprint density at radius 2 is 2.00 bits per heavy atom. The monoisotopic (exact) mass is 359 g/mol. The molecule has 0 spiro atoms. The largest absolute Gasteiger partial charge is 0.507 e. The second-order valence-corrected chi connectivity index (χ2v) is 8.06. The Morgan fingerprint density at radius 3 is 2.74 bits per heavy atom. The van der Waals surface area contributed by atoms with Crippen molar-refractivity contribution in [1.82, 2.24) is 0 Å². The highest BCUT2D eigenvalue weighted by molar-refractivity contribution is 6.06. The Kier molecular flexibility index (Phi) is 4.90. The molecule has 0 heterocycles. The highest BCUT2D eigenvalue weighted by atomic mass is 16.3. The molecular formula is C25H29NO. The molecule has 1 fully saturated rings. The van der Waals surface area contributed by atoms with Gasteiger partial charge in [0.2, 0.25) is 0 Å². The van der Waals surface area contributed by atoms with E-state index in [1.807, 2.05) is 37.3 Å². The van der Waals surface area contributed by atoms with Crippen LogP contribution in [0.15, 0.2) is 64.7 Å². The van der Waals surface area contributed by atoms with Crippen molar-refractivity contribution in [1.29, 1.82) is 0 Å². The number of fused-ring (bicyclic) bond motifs is 2. The maximum absolute atomic E-state index is 10.6. The van der Waals surface area contributed by atoms with E-state index in [2.05, 4.69) is 32.1 Å². The molecule has 2 aromatic rings. The molecule has 2 aliphatic carbocycles. The van der Waals surface area contributed by atoms with Crippen LogP contribution in [0.1, 0.15) is 45.6 Å². The number of allylic oxidation sites excluding steroid dienone is 4. The van der Waals surface area contributed by atoms with Gasteiger partial charge in [0.15, 0.2) is 0 Å². The highest BCUT2D eigenvalue weighted by Gasteiger charge is 2.47. The Morgan fingerprint density at radius 1 is 1.19 bits per heavy atom. The van der Waals surface area contributed by atoms with Crippen LogP contribution in [0, 0.1) is 17.8 Å². The van der Waals surface area contributed by atoms with Gasteiger partial charge in [0.05, 0.1) is 0 Å². The fourth-order valence-electron chi connectivity index (χ4n) is 4.59. The Labute approximate surface area is 162 Å². The third-order valence-corrected chi connectivity index (χ3v) is 6.27. The van der Waals surface area contributed by atoms with Gasteiger partial charge in [0.1, 0.15) is 5.75 Å². The predicted octanol–water partition coefficient (Wildman–Crippen LogP) is 6.29. The van der Waals surface area contributed by atoms with Gasteiger partial charge in [0.25, 0.3) is 0 Å². The number of nitrogens with zero attached hydrogens (tertiary/aromatic N) is 1. The van der Waals surface area contributed by atoms with Crippen LogP contribution in [-0.2, 0) is 0 Å². The summed E-state index contributed by atoms with van der Waals surface area (Å²) in [5.74, 6) is 2.61. The summed E-state index contributed by atoms with van der Waals surface area (Å²) < 4.78 is 0. The van der Waals surface area contributed by atoms with Gasteiger partial charge in [-0.2, -0.15) is 0 Å². The smallest absolute Gasteiger partial charge is 0.132 e. The molecule has 0 amide bonds. The van der Waals surface area contributed by atoms with E-state index in [-0.39, 0.29) is 0 Å². The zero-order valence-corrected chi connectivity index (χ0v) is 16.6. The van der Waals surface area contributed by atoms with E-state index >= 15 is 0 Å². The number of hydrogen-bond acceptors (Lipinski definition) is 2. The van der Waals surface area contributed by atoms with Crippen molar-refractivity contribution in [2.75, 3.05) is 6.54 Å². The number of aromatic hydroxyl groups is 1. The Hall–Kier alpha value is -2.35. The van der Waals surface area contributed by atoms with Crippen molar-refractivity contribution in [2.45, 2.75) is 40.0 Å². The van der Waals surface area contributed by atoms with Crippen molar-refractivity contribution in [3.63, 3.8) is 0 Å². The molecule has 1 saturated carbocycles. The normalized spacial score (nSPS) is 22.4. The second-order valence-electron chi connectivity index (χ2n) is 8.06. The summed E-state index contributed by atoms with van der Waals surface area (Å²) in [5.41, 5.74) is 4.96. The number of benzene rings is 2. The van der Waals surface area contributed by atoms with E-state index < -0.39 is 0 Å². The maximum Gasteiger partial charge on any atom is 0.132 e. The third kappa shape index (κ3) is 3.45. The minimum atomic E-state index is 0.346. The van der Waals surface area contributed by atoms with Gasteiger partial charge in [0, 0.05) is 29.1 Å². The molecule has 4 rings (SSSR count). The molecule has 1 N–H and O–H groups in total. The molecule has 0 bridgehead atoms.